The van der Waals surface area contributed by atoms with Gasteiger partial charge in [-0.05, 0) is 11.1 Å². The van der Waals surface area contributed by atoms with Gasteiger partial charge in [-0.25, -0.2) is 0 Å². The number of amides is 1. The normalized spacial score (nSPS) is 9.47. The SMILES string of the molecule is [CH2-]C(=O)N(Cc1ccccc1)Cc1ccccc1.[Zn]. The molecule has 0 bridgehead atoms. The van der Waals surface area contributed by atoms with Gasteiger partial charge in [0.25, 0.3) is 0 Å². The van der Waals surface area contributed by atoms with Crippen molar-refractivity contribution < 1.29 is 24.3 Å². The average Bonchev–Trinajstić information content (AvgIpc) is 2.40. The molecule has 0 aromatic heterocycles. The van der Waals surface area contributed by atoms with Crippen LogP contribution < -0.4 is 0 Å². The standard InChI is InChI=1S/C16H16NO.Zn/c1-14(18)17(12-15-8-4-2-5-9-15)13-16-10-6-3-7-11-16;/h2-11H,1,12-13H2;/q-1;. The van der Waals surface area contributed by atoms with Crippen molar-refractivity contribution in [2.75, 3.05) is 0 Å². The van der Waals surface area contributed by atoms with E-state index in [0.29, 0.717) is 13.1 Å². The summed E-state index contributed by atoms with van der Waals surface area (Å²) in [6.07, 6.45) is 0. The van der Waals surface area contributed by atoms with Gasteiger partial charge in [-0.2, -0.15) is 0 Å². The van der Waals surface area contributed by atoms with Crippen molar-refractivity contribution >= 4 is 5.91 Å². The molecule has 0 heterocycles. The molecule has 0 atom stereocenters. The van der Waals surface area contributed by atoms with Gasteiger partial charge in [0.05, 0.1) is 5.91 Å². The molecule has 0 spiro atoms. The van der Waals surface area contributed by atoms with E-state index in [1.807, 2.05) is 60.7 Å². The van der Waals surface area contributed by atoms with Gasteiger partial charge in [-0.15, -0.1) is 0 Å². The van der Waals surface area contributed by atoms with Crippen molar-refractivity contribution in [1.82, 2.24) is 4.90 Å². The van der Waals surface area contributed by atoms with Gasteiger partial charge in [0, 0.05) is 32.6 Å². The molecule has 0 aliphatic heterocycles. The molecule has 0 aliphatic carbocycles. The molecule has 19 heavy (non-hydrogen) atoms. The zero-order chi connectivity index (χ0) is 12.8. The van der Waals surface area contributed by atoms with Crippen molar-refractivity contribution in [2.24, 2.45) is 0 Å². The minimum atomic E-state index is -0.150. The maximum atomic E-state index is 11.6. The van der Waals surface area contributed by atoms with E-state index in [-0.39, 0.29) is 25.4 Å². The summed E-state index contributed by atoms with van der Waals surface area (Å²) in [6, 6.07) is 19.9. The van der Waals surface area contributed by atoms with E-state index < -0.39 is 0 Å². The van der Waals surface area contributed by atoms with E-state index in [2.05, 4.69) is 6.92 Å². The first kappa shape index (κ1) is 15.5. The first-order valence-electron chi connectivity index (χ1n) is 5.94. The van der Waals surface area contributed by atoms with Gasteiger partial charge in [0.1, 0.15) is 0 Å². The minimum Gasteiger partial charge on any atom is -0.359 e. The summed E-state index contributed by atoms with van der Waals surface area (Å²) < 4.78 is 0. The number of hydrogen-bond donors (Lipinski definition) is 0. The van der Waals surface area contributed by atoms with Crippen LogP contribution in [0.5, 0.6) is 0 Å². The van der Waals surface area contributed by atoms with E-state index in [0.717, 1.165) is 11.1 Å². The molecule has 3 heteroatoms. The third-order valence-electron chi connectivity index (χ3n) is 2.79. The van der Waals surface area contributed by atoms with Gasteiger partial charge in [0.15, 0.2) is 0 Å². The zero-order valence-corrected chi connectivity index (χ0v) is 13.9. The predicted molar refractivity (Wildman–Crippen MR) is 72.5 cm³/mol. The molecule has 2 aromatic carbocycles. The molecule has 1 amide bonds. The summed E-state index contributed by atoms with van der Waals surface area (Å²) in [5, 5.41) is 0. The maximum absolute atomic E-state index is 11.6. The molecule has 2 nitrogen and oxygen atoms in total. The zero-order valence-electron chi connectivity index (χ0n) is 11.0. The average molecular weight is 304 g/mol. The second kappa shape index (κ2) is 7.75. The van der Waals surface area contributed by atoms with Crippen molar-refractivity contribution in [1.29, 1.82) is 0 Å². The minimum absolute atomic E-state index is 0. The number of rotatable bonds is 4. The fraction of sp³-hybridized carbons (Fsp3) is 0.125. The van der Waals surface area contributed by atoms with E-state index in [4.69, 9.17) is 0 Å². The summed E-state index contributed by atoms with van der Waals surface area (Å²) >= 11 is 0. The predicted octanol–water partition coefficient (Wildman–Crippen LogP) is 3.05. The van der Waals surface area contributed by atoms with Crippen LogP contribution in [0.15, 0.2) is 60.7 Å². The van der Waals surface area contributed by atoms with E-state index in [1.165, 1.54) is 0 Å². The topological polar surface area (TPSA) is 20.3 Å². The molecular formula is C16H16NOZn-. The molecule has 94 valence electrons. The Morgan fingerprint density at radius 1 is 0.842 bits per heavy atom. The molecule has 0 fully saturated rings. The number of benzene rings is 2. The number of carbonyl (C=O) groups is 1. The van der Waals surface area contributed by atoms with Crippen LogP contribution in [-0.2, 0) is 37.4 Å². The van der Waals surface area contributed by atoms with Crippen LogP contribution in [0.2, 0.25) is 0 Å². The summed E-state index contributed by atoms with van der Waals surface area (Å²) in [5.74, 6) is -0.150. The molecule has 0 N–H and O–H groups in total. The van der Waals surface area contributed by atoms with Crippen LogP contribution in [0.1, 0.15) is 11.1 Å². The Labute approximate surface area is 127 Å². The molecule has 0 saturated heterocycles. The number of carbonyl (C=O) groups excluding carboxylic acids is 1. The Kier molecular flexibility index (Phi) is 6.31. The monoisotopic (exact) mass is 302 g/mol. The molecule has 2 rings (SSSR count). The smallest absolute Gasteiger partial charge is 0.0829 e. The summed E-state index contributed by atoms with van der Waals surface area (Å²) in [7, 11) is 0. The third-order valence-corrected chi connectivity index (χ3v) is 2.79. The van der Waals surface area contributed by atoms with Crippen LogP contribution in [0, 0.1) is 6.92 Å². The molecular weight excluding hydrogens is 288 g/mol. The van der Waals surface area contributed by atoms with Crippen LogP contribution in [0.25, 0.3) is 0 Å². The fourth-order valence-electron chi connectivity index (χ4n) is 1.84. The van der Waals surface area contributed by atoms with Gasteiger partial charge >= 0.3 is 0 Å². The van der Waals surface area contributed by atoms with Gasteiger partial charge in [-0.3, -0.25) is 0 Å². The van der Waals surface area contributed by atoms with Crippen molar-refractivity contribution in [3.63, 3.8) is 0 Å². The van der Waals surface area contributed by atoms with E-state index >= 15 is 0 Å². The Morgan fingerprint density at radius 3 is 1.53 bits per heavy atom. The van der Waals surface area contributed by atoms with Crippen molar-refractivity contribution in [3.8, 4) is 0 Å². The summed E-state index contributed by atoms with van der Waals surface area (Å²) in [6.45, 7) is 4.71. The number of nitrogens with zero attached hydrogens (tertiary/aromatic N) is 1. The summed E-state index contributed by atoms with van der Waals surface area (Å²) in [4.78, 5) is 13.3. The third kappa shape index (κ3) is 4.88. The molecule has 0 radical (unpaired) electrons. The largest absolute Gasteiger partial charge is 0.359 e. The molecule has 2 aromatic rings. The van der Waals surface area contributed by atoms with Crippen LogP contribution in [0.4, 0.5) is 0 Å². The molecule has 0 unspecified atom stereocenters. The van der Waals surface area contributed by atoms with Gasteiger partial charge in [-0.1, -0.05) is 60.7 Å². The van der Waals surface area contributed by atoms with Gasteiger partial charge in [0.2, 0.25) is 0 Å². The fourth-order valence-corrected chi connectivity index (χ4v) is 1.84. The first-order chi connectivity index (χ1) is 8.75. The second-order valence-electron chi connectivity index (χ2n) is 4.22. The van der Waals surface area contributed by atoms with Crippen LogP contribution >= 0.6 is 0 Å². The molecule has 0 aliphatic rings. The Bertz CT molecular complexity index is 457. The van der Waals surface area contributed by atoms with Gasteiger partial charge < -0.3 is 16.6 Å². The Hall–Kier alpha value is -1.60. The second-order valence-corrected chi connectivity index (χ2v) is 4.22. The number of hydrogen-bond acceptors (Lipinski definition) is 1. The quantitative estimate of drug-likeness (QED) is 0.628. The van der Waals surface area contributed by atoms with E-state index in [9.17, 15) is 4.79 Å². The Morgan fingerprint density at radius 2 is 1.21 bits per heavy atom. The van der Waals surface area contributed by atoms with Crippen LogP contribution in [-0.4, -0.2) is 10.8 Å². The van der Waals surface area contributed by atoms with Crippen molar-refractivity contribution in [2.45, 2.75) is 13.1 Å². The molecule has 0 saturated carbocycles. The maximum Gasteiger partial charge on any atom is 0.0829 e. The van der Waals surface area contributed by atoms with Crippen LogP contribution in [0.3, 0.4) is 0 Å². The van der Waals surface area contributed by atoms with Crippen molar-refractivity contribution in [3.05, 3.63) is 78.7 Å². The van der Waals surface area contributed by atoms with E-state index in [1.54, 1.807) is 4.90 Å². The summed E-state index contributed by atoms with van der Waals surface area (Å²) in [5.41, 5.74) is 2.23. The first-order valence-corrected chi connectivity index (χ1v) is 5.94. The Balaban J connectivity index is 0.00000180.